The van der Waals surface area contributed by atoms with Crippen LogP contribution in [-0.4, -0.2) is 9.78 Å². The molecule has 0 fully saturated rings. The Morgan fingerprint density at radius 2 is 2.07 bits per heavy atom. The Morgan fingerprint density at radius 3 is 2.60 bits per heavy atom. The second-order valence-electron chi connectivity index (χ2n) is 4.63. The monoisotopic (exact) mass is 210 g/mol. The first-order valence-corrected chi connectivity index (χ1v) is 5.83. The maximum absolute atomic E-state index is 11.8. The van der Waals surface area contributed by atoms with Crippen LogP contribution in [0.2, 0.25) is 0 Å². The molecule has 1 N–H and O–H groups in total. The molecule has 3 heteroatoms. The van der Waals surface area contributed by atoms with E-state index in [1.165, 1.54) is 0 Å². The molecular formula is C12H22N2O. The fourth-order valence-corrected chi connectivity index (χ4v) is 1.83. The fourth-order valence-electron chi connectivity index (χ4n) is 1.83. The van der Waals surface area contributed by atoms with Crippen LogP contribution in [0.1, 0.15) is 44.9 Å². The highest BCUT2D eigenvalue weighted by Crippen LogP contribution is 2.10. The molecular weight excluding hydrogens is 188 g/mol. The Hall–Kier alpha value is -0.990. The first kappa shape index (κ1) is 12.1. The number of H-pyrrole nitrogens is 1. The van der Waals surface area contributed by atoms with Gasteiger partial charge in [0.2, 0.25) is 0 Å². The Kier molecular flexibility index (Phi) is 4.18. The number of aryl methyl sites for hydroxylation is 2. The number of unbranched alkanes of at least 4 members (excludes halogenated alkanes) is 1. The lowest BCUT2D eigenvalue weighted by molar-refractivity contribution is 0.636. The first-order chi connectivity index (χ1) is 7.06. The highest BCUT2D eigenvalue weighted by molar-refractivity contribution is 5.18. The predicted molar refractivity (Wildman–Crippen MR) is 63.2 cm³/mol. The average Bonchev–Trinajstić information content (AvgIpc) is 2.42. The van der Waals surface area contributed by atoms with E-state index in [1.807, 2.05) is 0 Å². The summed E-state index contributed by atoms with van der Waals surface area (Å²) in [6, 6.07) is 0. The van der Waals surface area contributed by atoms with E-state index in [2.05, 4.69) is 25.9 Å². The van der Waals surface area contributed by atoms with Crippen LogP contribution >= 0.6 is 0 Å². The second-order valence-corrected chi connectivity index (χ2v) is 4.63. The van der Waals surface area contributed by atoms with Gasteiger partial charge in [-0.2, -0.15) is 0 Å². The van der Waals surface area contributed by atoms with E-state index >= 15 is 0 Å². The van der Waals surface area contributed by atoms with Crippen LogP contribution < -0.4 is 5.56 Å². The molecule has 0 atom stereocenters. The Balaban J connectivity index is 2.93. The molecule has 0 saturated carbocycles. The van der Waals surface area contributed by atoms with Crippen molar-refractivity contribution < 1.29 is 0 Å². The van der Waals surface area contributed by atoms with Crippen LogP contribution in [0.3, 0.4) is 0 Å². The quantitative estimate of drug-likeness (QED) is 0.795. The van der Waals surface area contributed by atoms with Gasteiger partial charge in [0.05, 0.1) is 0 Å². The van der Waals surface area contributed by atoms with Crippen molar-refractivity contribution in [2.75, 3.05) is 0 Å². The summed E-state index contributed by atoms with van der Waals surface area (Å²) >= 11 is 0. The summed E-state index contributed by atoms with van der Waals surface area (Å²) in [6.07, 6.45) is 4.19. The van der Waals surface area contributed by atoms with Crippen molar-refractivity contribution in [2.24, 2.45) is 13.0 Å². The highest BCUT2D eigenvalue weighted by Gasteiger charge is 2.12. The lowest BCUT2D eigenvalue weighted by Crippen LogP contribution is -2.16. The molecule has 0 unspecified atom stereocenters. The van der Waals surface area contributed by atoms with Crippen LogP contribution in [-0.2, 0) is 19.9 Å². The summed E-state index contributed by atoms with van der Waals surface area (Å²) in [5, 5.41) is 3.16. The molecule has 15 heavy (non-hydrogen) atoms. The Bertz CT molecular complexity index is 360. The molecule has 0 aromatic carbocycles. The molecule has 0 saturated heterocycles. The van der Waals surface area contributed by atoms with E-state index in [0.29, 0.717) is 5.92 Å². The molecule has 0 amide bonds. The zero-order valence-electron chi connectivity index (χ0n) is 10.3. The first-order valence-electron chi connectivity index (χ1n) is 5.83. The lowest BCUT2D eigenvalue weighted by atomic mass is 10.0. The van der Waals surface area contributed by atoms with Crippen molar-refractivity contribution in [2.45, 2.75) is 46.5 Å². The standard InChI is InChI=1S/C12H22N2O/c1-5-6-7-11-10(8-9(2)3)12(15)14(4)13-11/h9,13H,5-8H2,1-4H3. The summed E-state index contributed by atoms with van der Waals surface area (Å²) in [6.45, 7) is 6.47. The third kappa shape index (κ3) is 2.98. The number of hydrogen-bond donors (Lipinski definition) is 1. The third-order valence-electron chi connectivity index (χ3n) is 2.62. The van der Waals surface area contributed by atoms with Crippen molar-refractivity contribution in [1.82, 2.24) is 9.78 Å². The van der Waals surface area contributed by atoms with Crippen LogP contribution in [0.25, 0.3) is 0 Å². The maximum atomic E-state index is 11.8. The van der Waals surface area contributed by atoms with E-state index in [1.54, 1.807) is 11.7 Å². The molecule has 1 aromatic rings. The van der Waals surface area contributed by atoms with E-state index in [0.717, 1.165) is 36.9 Å². The van der Waals surface area contributed by atoms with Gasteiger partial charge in [-0.25, -0.2) is 0 Å². The molecule has 1 rings (SSSR count). The Morgan fingerprint density at radius 1 is 1.40 bits per heavy atom. The zero-order valence-corrected chi connectivity index (χ0v) is 10.3. The van der Waals surface area contributed by atoms with Gasteiger partial charge in [-0.05, 0) is 25.2 Å². The highest BCUT2D eigenvalue weighted by atomic mass is 16.1. The van der Waals surface area contributed by atoms with E-state index in [4.69, 9.17) is 0 Å². The largest absolute Gasteiger partial charge is 0.300 e. The van der Waals surface area contributed by atoms with Gasteiger partial charge in [-0.3, -0.25) is 14.6 Å². The summed E-state index contributed by atoms with van der Waals surface area (Å²) in [7, 11) is 1.79. The van der Waals surface area contributed by atoms with Gasteiger partial charge >= 0.3 is 0 Å². The van der Waals surface area contributed by atoms with Gasteiger partial charge in [0.15, 0.2) is 0 Å². The van der Waals surface area contributed by atoms with E-state index in [-0.39, 0.29) is 5.56 Å². The number of rotatable bonds is 5. The number of aromatic nitrogens is 2. The zero-order chi connectivity index (χ0) is 11.4. The van der Waals surface area contributed by atoms with Crippen molar-refractivity contribution in [1.29, 1.82) is 0 Å². The average molecular weight is 210 g/mol. The fraction of sp³-hybridized carbons (Fsp3) is 0.750. The van der Waals surface area contributed by atoms with Crippen LogP contribution in [0.4, 0.5) is 0 Å². The minimum Gasteiger partial charge on any atom is -0.300 e. The van der Waals surface area contributed by atoms with Crippen molar-refractivity contribution in [3.63, 3.8) is 0 Å². The minimum absolute atomic E-state index is 0.148. The van der Waals surface area contributed by atoms with Gasteiger partial charge in [0.1, 0.15) is 0 Å². The molecule has 86 valence electrons. The summed E-state index contributed by atoms with van der Waals surface area (Å²) < 4.78 is 1.60. The topological polar surface area (TPSA) is 37.8 Å². The van der Waals surface area contributed by atoms with Crippen molar-refractivity contribution in [3.8, 4) is 0 Å². The molecule has 0 aliphatic heterocycles. The summed E-state index contributed by atoms with van der Waals surface area (Å²) in [4.78, 5) is 11.8. The predicted octanol–water partition coefficient (Wildman–Crippen LogP) is 2.25. The van der Waals surface area contributed by atoms with Crippen LogP contribution in [0.15, 0.2) is 4.79 Å². The molecule has 1 aromatic heterocycles. The van der Waals surface area contributed by atoms with Crippen LogP contribution in [0, 0.1) is 5.92 Å². The lowest BCUT2D eigenvalue weighted by Gasteiger charge is -2.03. The number of nitrogens with one attached hydrogen (secondary N) is 1. The van der Waals surface area contributed by atoms with Crippen molar-refractivity contribution in [3.05, 3.63) is 21.6 Å². The van der Waals surface area contributed by atoms with E-state index in [9.17, 15) is 4.79 Å². The summed E-state index contributed by atoms with van der Waals surface area (Å²) in [5.74, 6) is 0.536. The molecule has 0 aliphatic rings. The maximum Gasteiger partial charge on any atom is 0.269 e. The second kappa shape index (κ2) is 5.19. The third-order valence-corrected chi connectivity index (χ3v) is 2.62. The number of hydrogen-bond acceptors (Lipinski definition) is 1. The van der Waals surface area contributed by atoms with Gasteiger partial charge in [-0.15, -0.1) is 0 Å². The molecule has 0 aliphatic carbocycles. The minimum atomic E-state index is 0.148. The van der Waals surface area contributed by atoms with Crippen molar-refractivity contribution >= 4 is 0 Å². The van der Waals surface area contributed by atoms with Gasteiger partial charge in [0, 0.05) is 18.3 Å². The molecule has 3 nitrogen and oxygen atoms in total. The number of nitrogens with zero attached hydrogens (tertiary/aromatic N) is 1. The Labute approximate surface area is 91.5 Å². The molecule has 0 radical (unpaired) electrons. The summed E-state index contributed by atoms with van der Waals surface area (Å²) in [5.41, 5.74) is 2.27. The SMILES string of the molecule is CCCCc1[nH]n(C)c(=O)c1CC(C)C. The van der Waals surface area contributed by atoms with Gasteiger partial charge in [0.25, 0.3) is 5.56 Å². The number of aromatic amines is 1. The molecule has 0 spiro atoms. The van der Waals surface area contributed by atoms with Crippen LogP contribution in [0.5, 0.6) is 0 Å². The van der Waals surface area contributed by atoms with E-state index < -0.39 is 0 Å². The normalized spacial score (nSPS) is 11.3. The molecule has 0 bridgehead atoms. The smallest absolute Gasteiger partial charge is 0.269 e. The molecule has 1 heterocycles. The van der Waals surface area contributed by atoms with Gasteiger partial charge < -0.3 is 0 Å². The van der Waals surface area contributed by atoms with Gasteiger partial charge in [-0.1, -0.05) is 27.2 Å².